The summed E-state index contributed by atoms with van der Waals surface area (Å²) in [6, 6.07) is 5.90. The molecule has 23 heavy (non-hydrogen) atoms. The van der Waals surface area contributed by atoms with Gasteiger partial charge in [-0.2, -0.15) is 0 Å². The Labute approximate surface area is 156 Å². The summed E-state index contributed by atoms with van der Waals surface area (Å²) in [6.45, 7) is 3.41. The standard InChI is InChI=1S/C17H27N3O2.HI/c1-3-11-19-17(18)20-12-13-7-6-10-15(21-2)16(13)22-14-8-4-5-9-14;/h6-7,10,14H,3-5,8-9,11-12H2,1-2H3,(H3,18,19,20);1H. The molecule has 1 aliphatic carbocycles. The van der Waals surface area contributed by atoms with Crippen LogP contribution in [-0.4, -0.2) is 25.7 Å². The fourth-order valence-corrected chi connectivity index (χ4v) is 2.63. The largest absolute Gasteiger partial charge is 0.493 e. The molecule has 130 valence electrons. The summed E-state index contributed by atoms with van der Waals surface area (Å²) >= 11 is 0. The fraction of sp³-hybridized carbons (Fsp3) is 0.588. The molecular weight excluding hydrogens is 405 g/mol. The van der Waals surface area contributed by atoms with E-state index in [1.54, 1.807) is 7.11 Å². The van der Waals surface area contributed by atoms with Crippen LogP contribution in [0.15, 0.2) is 23.2 Å². The van der Waals surface area contributed by atoms with Crippen molar-refractivity contribution in [3.63, 3.8) is 0 Å². The van der Waals surface area contributed by atoms with Crippen molar-refractivity contribution < 1.29 is 9.47 Å². The van der Waals surface area contributed by atoms with Gasteiger partial charge in [-0.1, -0.05) is 19.1 Å². The van der Waals surface area contributed by atoms with Crippen LogP contribution in [0.2, 0.25) is 0 Å². The van der Waals surface area contributed by atoms with E-state index in [0.29, 0.717) is 12.5 Å². The Balaban J connectivity index is 0.00000264. The van der Waals surface area contributed by atoms with Crippen LogP contribution in [0.3, 0.4) is 0 Å². The first-order chi connectivity index (χ1) is 10.7. The lowest BCUT2D eigenvalue weighted by Gasteiger charge is -2.18. The molecule has 1 fully saturated rings. The van der Waals surface area contributed by atoms with E-state index in [1.807, 2.05) is 18.2 Å². The van der Waals surface area contributed by atoms with Gasteiger partial charge in [0.15, 0.2) is 17.5 Å². The number of methoxy groups -OCH3 is 1. The number of hydrogen-bond donors (Lipinski definition) is 2. The van der Waals surface area contributed by atoms with E-state index >= 15 is 0 Å². The number of para-hydroxylation sites is 1. The van der Waals surface area contributed by atoms with Crippen LogP contribution in [0.4, 0.5) is 0 Å². The molecule has 1 saturated carbocycles. The molecule has 1 aliphatic rings. The van der Waals surface area contributed by atoms with Gasteiger partial charge in [0.05, 0.1) is 19.8 Å². The molecule has 0 amide bonds. The predicted octanol–water partition coefficient (Wildman–Crippen LogP) is 3.45. The topological polar surface area (TPSA) is 68.9 Å². The van der Waals surface area contributed by atoms with Gasteiger partial charge in [-0.05, 0) is 38.2 Å². The SMILES string of the molecule is CCCNC(N)=NCc1cccc(OC)c1OC1CCCC1.I. The maximum atomic E-state index is 6.19. The molecule has 0 radical (unpaired) electrons. The predicted molar refractivity (Wildman–Crippen MR) is 105 cm³/mol. The second-order valence-corrected chi connectivity index (χ2v) is 5.60. The van der Waals surface area contributed by atoms with Gasteiger partial charge in [0.2, 0.25) is 0 Å². The molecule has 1 aromatic rings. The van der Waals surface area contributed by atoms with E-state index in [9.17, 15) is 0 Å². The number of aliphatic imine (C=N–C) groups is 1. The number of nitrogens with two attached hydrogens (primary N) is 1. The summed E-state index contributed by atoms with van der Waals surface area (Å²) < 4.78 is 11.6. The van der Waals surface area contributed by atoms with Crippen LogP contribution < -0.4 is 20.5 Å². The van der Waals surface area contributed by atoms with Crippen molar-refractivity contribution in [2.45, 2.75) is 51.7 Å². The summed E-state index contributed by atoms with van der Waals surface area (Å²) in [7, 11) is 1.67. The van der Waals surface area contributed by atoms with Crippen LogP contribution in [0.1, 0.15) is 44.6 Å². The quantitative estimate of drug-likeness (QED) is 0.393. The van der Waals surface area contributed by atoms with Gasteiger partial charge in [-0.25, -0.2) is 4.99 Å². The highest BCUT2D eigenvalue weighted by Crippen LogP contribution is 2.35. The molecule has 0 aromatic heterocycles. The minimum Gasteiger partial charge on any atom is -0.493 e. The third-order valence-corrected chi connectivity index (χ3v) is 3.84. The van der Waals surface area contributed by atoms with E-state index in [2.05, 4.69) is 17.2 Å². The van der Waals surface area contributed by atoms with Gasteiger partial charge in [-0.3, -0.25) is 0 Å². The normalized spacial score (nSPS) is 15.1. The average Bonchev–Trinajstić information content (AvgIpc) is 3.04. The number of nitrogens with zero attached hydrogens (tertiary/aromatic N) is 1. The fourth-order valence-electron chi connectivity index (χ4n) is 2.63. The second kappa shape index (κ2) is 10.6. The Kier molecular flexibility index (Phi) is 9.13. The van der Waals surface area contributed by atoms with E-state index in [0.717, 1.165) is 42.9 Å². The second-order valence-electron chi connectivity index (χ2n) is 5.60. The molecule has 5 nitrogen and oxygen atoms in total. The zero-order chi connectivity index (χ0) is 15.8. The molecular formula is C17H28IN3O2. The van der Waals surface area contributed by atoms with E-state index in [1.165, 1.54) is 12.8 Å². The van der Waals surface area contributed by atoms with Crippen LogP contribution in [-0.2, 0) is 6.54 Å². The first kappa shape index (κ1) is 19.9. The minimum atomic E-state index is 0. The van der Waals surface area contributed by atoms with E-state index in [-0.39, 0.29) is 30.1 Å². The average molecular weight is 433 g/mol. The van der Waals surface area contributed by atoms with Gasteiger partial charge in [0, 0.05) is 12.1 Å². The highest BCUT2D eigenvalue weighted by atomic mass is 127. The monoisotopic (exact) mass is 433 g/mol. The number of nitrogens with one attached hydrogen (secondary N) is 1. The summed E-state index contributed by atoms with van der Waals surface area (Å²) in [5.41, 5.74) is 6.87. The van der Waals surface area contributed by atoms with Gasteiger partial charge in [0.25, 0.3) is 0 Å². The zero-order valence-corrected chi connectivity index (χ0v) is 16.3. The smallest absolute Gasteiger partial charge is 0.188 e. The zero-order valence-electron chi connectivity index (χ0n) is 14.0. The number of ether oxygens (including phenoxy) is 2. The van der Waals surface area contributed by atoms with Gasteiger partial charge in [0.1, 0.15) is 0 Å². The van der Waals surface area contributed by atoms with Crippen molar-refractivity contribution in [2.24, 2.45) is 10.7 Å². The summed E-state index contributed by atoms with van der Waals surface area (Å²) in [4.78, 5) is 4.39. The molecule has 0 bridgehead atoms. The first-order valence-electron chi connectivity index (χ1n) is 8.11. The molecule has 0 atom stereocenters. The molecule has 1 aromatic carbocycles. The Morgan fingerprint density at radius 3 is 2.74 bits per heavy atom. The van der Waals surface area contributed by atoms with Crippen molar-refractivity contribution in [2.75, 3.05) is 13.7 Å². The molecule has 3 N–H and O–H groups in total. The summed E-state index contributed by atoms with van der Waals surface area (Å²) in [5, 5.41) is 3.08. The Morgan fingerprint density at radius 2 is 2.09 bits per heavy atom. The molecule has 0 heterocycles. The third-order valence-electron chi connectivity index (χ3n) is 3.84. The molecule has 2 rings (SSSR count). The lowest BCUT2D eigenvalue weighted by molar-refractivity contribution is 0.198. The number of guanidine groups is 1. The minimum absolute atomic E-state index is 0. The molecule has 0 aliphatic heterocycles. The van der Waals surface area contributed by atoms with Crippen LogP contribution >= 0.6 is 24.0 Å². The molecule has 0 spiro atoms. The first-order valence-corrected chi connectivity index (χ1v) is 8.11. The Morgan fingerprint density at radius 1 is 1.35 bits per heavy atom. The highest BCUT2D eigenvalue weighted by Gasteiger charge is 2.20. The van der Waals surface area contributed by atoms with Crippen molar-refractivity contribution in [3.05, 3.63) is 23.8 Å². The summed E-state index contributed by atoms with van der Waals surface area (Å²) in [6.07, 6.45) is 6.00. The summed E-state index contributed by atoms with van der Waals surface area (Å²) in [5.74, 6) is 2.04. The van der Waals surface area contributed by atoms with Crippen LogP contribution in [0, 0.1) is 0 Å². The highest BCUT2D eigenvalue weighted by molar-refractivity contribution is 14.0. The van der Waals surface area contributed by atoms with Crippen molar-refractivity contribution in [1.29, 1.82) is 0 Å². The van der Waals surface area contributed by atoms with Crippen molar-refractivity contribution in [1.82, 2.24) is 5.32 Å². The van der Waals surface area contributed by atoms with Crippen molar-refractivity contribution in [3.8, 4) is 11.5 Å². The maximum Gasteiger partial charge on any atom is 0.188 e. The molecule has 6 heteroatoms. The third kappa shape index (κ3) is 6.08. The van der Waals surface area contributed by atoms with E-state index in [4.69, 9.17) is 15.2 Å². The Hall–Kier alpha value is -1.18. The number of rotatable bonds is 7. The van der Waals surface area contributed by atoms with Crippen molar-refractivity contribution >= 4 is 29.9 Å². The van der Waals surface area contributed by atoms with Gasteiger partial charge in [-0.15, -0.1) is 24.0 Å². The lowest BCUT2D eigenvalue weighted by Crippen LogP contribution is -2.32. The Bertz CT molecular complexity index is 503. The lowest BCUT2D eigenvalue weighted by atomic mass is 10.1. The number of benzene rings is 1. The van der Waals surface area contributed by atoms with Crippen LogP contribution in [0.25, 0.3) is 0 Å². The number of hydrogen-bond acceptors (Lipinski definition) is 3. The molecule has 0 saturated heterocycles. The molecule has 0 unspecified atom stereocenters. The van der Waals surface area contributed by atoms with Crippen LogP contribution in [0.5, 0.6) is 11.5 Å². The van der Waals surface area contributed by atoms with Gasteiger partial charge >= 0.3 is 0 Å². The maximum absolute atomic E-state index is 6.19. The van der Waals surface area contributed by atoms with E-state index < -0.39 is 0 Å². The number of halogens is 1. The van der Waals surface area contributed by atoms with Gasteiger partial charge < -0.3 is 20.5 Å².